The first kappa shape index (κ1) is 12.3. The molecule has 0 aliphatic rings. The fourth-order valence-electron chi connectivity index (χ4n) is 0.864. The van der Waals surface area contributed by atoms with Crippen molar-refractivity contribution in [2.24, 2.45) is 0 Å². The zero-order valence-corrected chi connectivity index (χ0v) is 10.1. The van der Waals surface area contributed by atoms with E-state index in [1.807, 2.05) is 6.92 Å². The van der Waals surface area contributed by atoms with Gasteiger partial charge in [-0.2, -0.15) is 0 Å². The molecule has 1 heterocycles. The summed E-state index contributed by atoms with van der Waals surface area (Å²) in [5, 5.41) is 1.73. The lowest BCUT2D eigenvalue weighted by Crippen LogP contribution is -2.14. The van der Waals surface area contributed by atoms with Crippen LogP contribution in [0.3, 0.4) is 0 Å². The Hall–Kier alpha value is -0.750. The third-order valence-electron chi connectivity index (χ3n) is 1.61. The van der Waals surface area contributed by atoms with E-state index in [4.69, 9.17) is 4.74 Å². The largest absolute Gasteiger partial charge is 0.465 e. The highest BCUT2D eigenvalue weighted by Gasteiger charge is 2.12. The maximum absolute atomic E-state index is 11.5. The molecule has 0 saturated heterocycles. The van der Waals surface area contributed by atoms with Crippen LogP contribution >= 0.6 is 11.3 Å². The summed E-state index contributed by atoms with van der Waals surface area (Å²) in [6.07, 6.45) is 3.39. The number of hydrogen-bond acceptors (Lipinski definition) is 5. The second-order valence-corrected chi connectivity index (χ2v) is 5.38. The molecule has 4 nitrogen and oxygen atoms in total. The number of rotatable bonds is 6. The van der Waals surface area contributed by atoms with E-state index in [9.17, 15) is 9.00 Å². The Morgan fingerprint density at radius 2 is 2.47 bits per heavy atom. The molecule has 84 valence electrons. The summed E-state index contributed by atoms with van der Waals surface area (Å²) in [6, 6.07) is 0. The van der Waals surface area contributed by atoms with Crippen LogP contribution in [-0.2, 0) is 20.3 Å². The normalized spacial score (nSPS) is 12.3. The molecule has 0 amide bonds. The van der Waals surface area contributed by atoms with Crippen molar-refractivity contribution < 1.29 is 13.7 Å². The zero-order chi connectivity index (χ0) is 11.1. The van der Waals surface area contributed by atoms with Gasteiger partial charge in [0.15, 0.2) is 4.34 Å². The zero-order valence-electron chi connectivity index (χ0n) is 8.47. The van der Waals surface area contributed by atoms with E-state index in [1.54, 1.807) is 11.6 Å². The molecule has 1 aromatic heterocycles. The molecule has 0 bridgehead atoms. The molecule has 0 fully saturated rings. The Balaban J connectivity index is 2.29. The van der Waals surface area contributed by atoms with Crippen molar-refractivity contribution in [3.63, 3.8) is 0 Å². The van der Waals surface area contributed by atoms with Crippen molar-refractivity contribution in [2.75, 3.05) is 12.4 Å². The minimum atomic E-state index is -1.35. The van der Waals surface area contributed by atoms with Crippen LogP contribution in [0.15, 0.2) is 15.9 Å². The molecule has 0 radical (unpaired) electrons. The number of carbonyl (C=O) groups is 1. The van der Waals surface area contributed by atoms with E-state index in [1.165, 1.54) is 11.3 Å². The molecule has 1 atom stereocenters. The average Bonchev–Trinajstić information content (AvgIpc) is 2.70. The van der Waals surface area contributed by atoms with Crippen molar-refractivity contribution in [1.82, 2.24) is 4.98 Å². The van der Waals surface area contributed by atoms with Crippen molar-refractivity contribution >= 4 is 28.1 Å². The Kier molecular flexibility index (Phi) is 5.49. The molecular formula is C9H13NO3S2. The van der Waals surface area contributed by atoms with Crippen LogP contribution in [0.5, 0.6) is 0 Å². The van der Waals surface area contributed by atoms with E-state index < -0.39 is 16.8 Å². The molecule has 0 aliphatic heterocycles. The monoisotopic (exact) mass is 247 g/mol. The number of nitrogens with zero attached hydrogens (tertiary/aromatic N) is 1. The maximum atomic E-state index is 11.5. The van der Waals surface area contributed by atoms with E-state index in [2.05, 4.69) is 4.98 Å². The first-order chi connectivity index (χ1) is 7.24. The van der Waals surface area contributed by atoms with Gasteiger partial charge in [-0.3, -0.25) is 9.00 Å². The van der Waals surface area contributed by atoms with Gasteiger partial charge in [0.05, 0.1) is 17.4 Å². The standard InChI is InChI=1S/C9H13NO3S2/c1-2-3-5-13-8(11)7-15(12)9-10-4-6-14-9/h4,6H,2-3,5,7H2,1H3. The second-order valence-electron chi connectivity index (χ2n) is 2.86. The highest BCUT2D eigenvalue weighted by molar-refractivity contribution is 7.87. The van der Waals surface area contributed by atoms with Crippen molar-refractivity contribution in [2.45, 2.75) is 24.1 Å². The van der Waals surface area contributed by atoms with Gasteiger partial charge in [0.25, 0.3) is 0 Å². The van der Waals surface area contributed by atoms with Crippen LogP contribution in [0, 0.1) is 0 Å². The molecule has 1 rings (SSSR count). The van der Waals surface area contributed by atoms with Gasteiger partial charge in [0.1, 0.15) is 5.75 Å². The third kappa shape index (κ3) is 4.53. The average molecular weight is 247 g/mol. The number of aromatic nitrogens is 1. The van der Waals surface area contributed by atoms with Gasteiger partial charge in [-0.05, 0) is 6.42 Å². The lowest BCUT2D eigenvalue weighted by molar-refractivity contribution is -0.140. The van der Waals surface area contributed by atoms with Crippen LogP contribution in [0.25, 0.3) is 0 Å². The summed E-state index contributed by atoms with van der Waals surface area (Å²) in [7, 11) is -1.35. The summed E-state index contributed by atoms with van der Waals surface area (Å²) < 4.78 is 16.9. The van der Waals surface area contributed by atoms with Gasteiger partial charge in [-0.1, -0.05) is 13.3 Å². The smallest absolute Gasteiger partial charge is 0.319 e. The Labute approximate surface area is 95.1 Å². The van der Waals surface area contributed by atoms with Crippen molar-refractivity contribution in [3.05, 3.63) is 11.6 Å². The van der Waals surface area contributed by atoms with Crippen LogP contribution in [0.1, 0.15) is 19.8 Å². The number of unbranched alkanes of at least 4 members (excludes halogenated alkanes) is 1. The first-order valence-electron chi connectivity index (χ1n) is 4.67. The highest BCUT2D eigenvalue weighted by Crippen LogP contribution is 2.09. The second kappa shape index (κ2) is 6.68. The Bertz CT molecular complexity index is 324. The van der Waals surface area contributed by atoms with Crippen LogP contribution in [-0.4, -0.2) is 27.5 Å². The van der Waals surface area contributed by atoms with Crippen molar-refractivity contribution in [1.29, 1.82) is 0 Å². The molecule has 0 saturated carbocycles. The number of esters is 1. The predicted octanol–water partition coefficient (Wildman–Crippen LogP) is 1.59. The van der Waals surface area contributed by atoms with Crippen LogP contribution < -0.4 is 0 Å². The van der Waals surface area contributed by atoms with Crippen molar-refractivity contribution in [3.8, 4) is 0 Å². The maximum Gasteiger partial charge on any atom is 0.319 e. The topological polar surface area (TPSA) is 56.3 Å². The molecule has 1 unspecified atom stereocenters. The summed E-state index contributed by atoms with van der Waals surface area (Å²) in [5.74, 6) is -0.519. The van der Waals surface area contributed by atoms with Crippen LogP contribution in [0.2, 0.25) is 0 Å². The number of ether oxygens (including phenoxy) is 1. The first-order valence-corrected chi connectivity index (χ1v) is 6.87. The summed E-state index contributed by atoms with van der Waals surface area (Å²) >= 11 is 1.28. The minimum absolute atomic E-state index is 0.1000. The molecule has 1 aromatic rings. The molecule has 0 aromatic carbocycles. The molecular weight excluding hydrogens is 234 g/mol. The lowest BCUT2D eigenvalue weighted by Gasteiger charge is -2.02. The third-order valence-corrected chi connectivity index (χ3v) is 4.02. The quantitative estimate of drug-likeness (QED) is 0.566. The lowest BCUT2D eigenvalue weighted by atomic mass is 10.4. The van der Waals surface area contributed by atoms with E-state index in [-0.39, 0.29) is 5.75 Å². The van der Waals surface area contributed by atoms with Gasteiger partial charge < -0.3 is 4.74 Å². The van der Waals surface area contributed by atoms with E-state index in [0.29, 0.717) is 10.9 Å². The highest BCUT2D eigenvalue weighted by atomic mass is 32.2. The summed E-state index contributed by atoms with van der Waals surface area (Å²) in [5.41, 5.74) is 0. The molecule has 15 heavy (non-hydrogen) atoms. The van der Waals surface area contributed by atoms with Gasteiger partial charge in [-0.25, -0.2) is 4.98 Å². The summed E-state index contributed by atoms with van der Waals surface area (Å²) in [4.78, 5) is 15.1. The fourth-order valence-corrected chi connectivity index (χ4v) is 2.60. The molecule has 0 aliphatic carbocycles. The van der Waals surface area contributed by atoms with Gasteiger partial charge in [-0.15, -0.1) is 11.3 Å². The predicted molar refractivity (Wildman–Crippen MR) is 59.3 cm³/mol. The summed E-state index contributed by atoms with van der Waals surface area (Å²) in [6.45, 7) is 2.42. The molecule has 0 N–H and O–H groups in total. The van der Waals surface area contributed by atoms with Gasteiger partial charge in [0.2, 0.25) is 0 Å². The Morgan fingerprint density at radius 1 is 1.67 bits per heavy atom. The number of carbonyl (C=O) groups excluding carboxylic acids is 1. The van der Waals surface area contributed by atoms with Gasteiger partial charge >= 0.3 is 5.97 Å². The SMILES string of the molecule is CCCCOC(=O)CS(=O)c1nccs1. The minimum Gasteiger partial charge on any atom is -0.465 e. The van der Waals surface area contributed by atoms with Gasteiger partial charge in [0, 0.05) is 11.6 Å². The molecule has 0 spiro atoms. The fraction of sp³-hybridized carbons (Fsp3) is 0.556. The Morgan fingerprint density at radius 3 is 3.07 bits per heavy atom. The van der Waals surface area contributed by atoms with Crippen LogP contribution in [0.4, 0.5) is 0 Å². The van der Waals surface area contributed by atoms with E-state index in [0.717, 1.165) is 12.8 Å². The number of hydrogen-bond donors (Lipinski definition) is 0. The molecule has 6 heteroatoms. The number of thiazole rings is 1. The van der Waals surface area contributed by atoms with E-state index >= 15 is 0 Å².